The van der Waals surface area contributed by atoms with Crippen molar-refractivity contribution in [1.82, 2.24) is 0 Å². The molecule has 0 saturated heterocycles. The predicted octanol–water partition coefficient (Wildman–Crippen LogP) is 2.00. The fourth-order valence-corrected chi connectivity index (χ4v) is 1.56. The van der Waals surface area contributed by atoms with E-state index in [2.05, 4.69) is 4.18 Å². The molecule has 0 rings (SSSR count). The largest absolute Gasteiger partial charge is 0.523 e. The first-order chi connectivity index (χ1) is 7.12. The lowest BCUT2D eigenvalue weighted by atomic mass is 10.1. The monoisotopic (exact) mass is 262 g/mol. The topological polar surface area (TPSA) is 60.4 Å². The van der Waals surface area contributed by atoms with Crippen molar-refractivity contribution >= 4 is 15.9 Å². The predicted molar refractivity (Wildman–Crippen MR) is 50.1 cm³/mol. The fraction of sp³-hybridized carbons (Fsp3) is 0.875. The molecule has 0 unspecified atom stereocenters. The summed E-state index contributed by atoms with van der Waals surface area (Å²) in [5.74, 6) is -0.735. The smallest absolute Gasteiger partial charge is 0.297 e. The molecule has 4 nitrogen and oxygen atoms in total. The van der Waals surface area contributed by atoms with Crippen molar-refractivity contribution in [3.05, 3.63) is 0 Å². The van der Waals surface area contributed by atoms with Gasteiger partial charge in [0.1, 0.15) is 6.10 Å². The summed E-state index contributed by atoms with van der Waals surface area (Å²) in [6.45, 7) is 2.75. The SMILES string of the molecule is CCCC[C@H](OS(=O)(=O)C(F)(F)F)C(C)=O. The minimum atomic E-state index is -5.69. The number of carbonyl (C=O) groups excluding carboxylic acids is 1. The van der Waals surface area contributed by atoms with Gasteiger partial charge in [-0.1, -0.05) is 19.8 Å². The van der Waals surface area contributed by atoms with E-state index in [4.69, 9.17) is 0 Å². The summed E-state index contributed by atoms with van der Waals surface area (Å²) in [4.78, 5) is 10.9. The average molecular weight is 262 g/mol. The Kier molecular flexibility index (Phi) is 5.40. The second kappa shape index (κ2) is 5.62. The Bertz CT molecular complexity index is 334. The molecule has 0 aliphatic carbocycles. The Morgan fingerprint density at radius 3 is 2.19 bits per heavy atom. The van der Waals surface area contributed by atoms with Crippen LogP contribution in [0, 0.1) is 0 Å². The van der Waals surface area contributed by atoms with Gasteiger partial charge in [0, 0.05) is 0 Å². The third kappa shape index (κ3) is 4.48. The van der Waals surface area contributed by atoms with Gasteiger partial charge in [-0.2, -0.15) is 21.6 Å². The summed E-state index contributed by atoms with van der Waals surface area (Å²) in [6.07, 6.45) is -0.551. The molecular weight excluding hydrogens is 249 g/mol. The van der Waals surface area contributed by atoms with Crippen molar-refractivity contribution in [2.45, 2.75) is 44.7 Å². The van der Waals surface area contributed by atoms with Crippen LogP contribution in [0.15, 0.2) is 0 Å². The third-order valence-electron chi connectivity index (χ3n) is 1.80. The Hall–Kier alpha value is -0.630. The van der Waals surface area contributed by atoms with Gasteiger partial charge in [-0.3, -0.25) is 8.98 Å². The molecule has 0 aliphatic rings. The summed E-state index contributed by atoms with van der Waals surface area (Å²) in [7, 11) is -5.69. The molecule has 0 N–H and O–H groups in total. The van der Waals surface area contributed by atoms with Gasteiger partial charge in [0.05, 0.1) is 0 Å². The first-order valence-electron chi connectivity index (χ1n) is 4.61. The van der Waals surface area contributed by atoms with Crippen LogP contribution in [0.25, 0.3) is 0 Å². The second-order valence-electron chi connectivity index (χ2n) is 3.24. The van der Waals surface area contributed by atoms with Crippen LogP contribution in [0.4, 0.5) is 13.2 Å². The maximum absolute atomic E-state index is 12.0. The van der Waals surface area contributed by atoms with E-state index in [9.17, 15) is 26.4 Å². The standard InChI is InChI=1S/C8H13F3O4S/c1-3-4-5-7(6(2)12)15-16(13,14)8(9,10)11/h7H,3-5H2,1-2H3/t7-/m0/s1. The highest BCUT2D eigenvalue weighted by molar-refractivity contribution is 7.87. The number of Topliss-reactive ketones (excluding diaryl/α,β-unsaturated/α-hetero) is 1. The fourth-order valence-electron chi connectivity index (χ4n) is 0.916. The van der Waals surface area contributed by atoms with Crippen molar-refractivity contribution in [2.24, 2.45) is 0 Å². The molecule has 16 heavy (non-hydrogen) atoms. The Labute approximate surface area is 91.9 Å². The maximum Gasteiger partial charge on any atom is 0.523 e. The van der Waals surface area contributed by atoms with Crippen LogP contribution in [0.5, 0.6) is 0 Å². The summed E-state index contributed by atoms with van der Waals surface area (Å²) >= 11 is 0. The molecule has 96 valence electrons. The molecule has 1 atom stereocenters. The van der Waals surface area contributed by atoms with Crippen LogP contribution in [-0.4, -0.2) is 25.8 Å². The number of ketones is 1. The number of carbonyl (C=O) groups is 1. The third-order valence-corrected chi connectivity index (χ3v) is 2.85. The summed E-state index contributed by atoms with van der Waals surface area (Å²) in [5, 5.41) is 0. The van der Waals surface area contributed by atoms with E-state index in [0.29, 0.717) is 12.8 Å². The van der Waals surface area contributed by atoms with Gasteiger partial charge in [0.2, 0.25) is 0 Å². The highest BCUT2D eigenvalue weighted by atomic mass is 32.2. The Morgan fingerprint density at radius 1 is 1.38 bits per heavy atom. The number of halogens is 3. The molecule has 0 amide bonds. The van der Waals surface area contributed by atoms with Gasteiger partial charge in [-0.15, -0.1) is 0 Å². The van der Waals surface area contributed by atoms with Crippen LogP contribution >= 0.6 is 0 Å². The molecule has 0 bridgehead atoms. The molecule has 8 heteroatoms. The van der Waals surface area contributed by atoms with Crippen LogP contribution in [0.2, 0.25) is 0 Å². The van der Waals surface area contributed by atoms with Crippen molar-refractivity contribution in [3.8, 4) is 0 Å². The molecule has 0 radical (unpaired) electrons. The maximum atomic E-state index is 12.0. The summed E-state index contributed by atoms with van der Waals surface area (Å²) < 4.78 is 61.0. The van der Waals surface area contributed by atoms with E-state index in [1.54, 1.807) is 6.92 Å². The van der Waals surface area contributed by atoms with E-state index in [1.165, 1.54) is 0 Å². The van der Waals surface area contributed by atoms with Gasteiger partial charge >= 0.3 is 15.6 Å². The average Bonchev–Trinajstić information content (AvgIpc) is 2.09. The highest BCUT2D eigenvalue weighted by Crippen LogP contribution is 2.26. The highest BCUT2D eigenvalue weighted by Gasteiger charge is 2.49. The van der Waals surface area contributed by atoms with Gasteiger partial charge in [-0.25, -0.2) is 0 Å². The molecule has 0 aromatic heterocycles. The lowest BCUT2D eigenvalue weighted by Crippen LogP contribution is -2.33. The quantitative estimate of drug-likeness (QED) is 0.542. The minimum Gasteiger partial charge on any atom is -0.297 e. The number of alkyl halides is 3. The Balaban J connectivity index is 4.71. The van der Waals surface area contributed by atoms with Crippen molar-refractivity contribution < 1.29 is 30.6 Å². The van der Waals surface area contributed by atoms with Crippen molar-refractivity contribution in [2.75, 3.05) is 0 Å². The first-order valence-corrected chi connectivity index (χ1v) is 6.02. The molecular formula is C8H13F3O4S. The van der Waals surface area contributed by atoms with Gasteiger partial charge in [0.25, 0.3) is 0 Å². The van der Waals surface area contributed by atoms with Crippen LogP contribution in [0.3, 0.4) is 0 Å². The molecule has 0 aromatic carbocycles. The van der Waals surface area contributed by atoms with Crippen molar-refractivity contribution in [3.63, 3.8) is 0 Å². The number of hydrogen-bond donors (Lipinski definition) is 0. The summed E-state index contributed by atoms with van der Waals surface area (Å²) in [5.41, 5.74) is -5.49. The molecule has 0 aliphatic heterocycles. The zero-order chi connectivity index (χ0) is 13.0. The van der Waals surface area contributed by atoms with E-state index in [-0.39, 0.29) is 6.42 Å². The lowest BCUT2D eigenvalue weighted by molar-refractivity contribution is -0.124. The van der Waals surface area contributed by atoms with E-state index >= 15 is 0 Å². The zero-order valence-corrected chi connectivity index (χ0v) is 9.69. The van der Waals surface area contributed by atoms with Crippen LogP contribution in [0.1, 0.15) is 33.1 Å². The number of rotatable bonds is 6. The van der Waals surface area contributed by atoms with Gasteiger partial charge in [0.15, 0.2) is 5.78 Å². The molecule has 0 heterocycles. The van der Waals surface area contributed by atoms with E-state index in [1.807, 2.05) is 0 Å². The lowest BCUT2D eigenvalue weighted by Gasteiger charge is -2.15. The normalized spacial score (nSPS) is 14.8. The molecule has 0 fully saturated rings. The van der Waals surface area contributed by atoms with Crippen LogP contribution < -0.4 is 0 Å². The molecule has 0 spiro atoms. The Morgan fingerprint density at radius 2 is 1.88 bits per heavy atom. The van der Waals surface area contributed by atoms with Crippen LogP contribution in [-0.2, 0) is 19.1 Å². The van der Waals surface area contributed by atoms with Gasteiger partial charge in [-0.05, 0) is 13.3 Å². The van der Waals surface area contributed by atoms with E-state index < -0.39 is 27.5 Å². The van der Waals surface area contributed by atoms with Crippen molar-refractivity contribution in [1.29, 1.82) is 0 Å². The van der Waals surface area contributed by atoms with E-state index in [0.717, 1.165) is 6.92 Å². The zero-order valence-electron chi connectivity index (χ0n) is 8.87. The molecule has 0 saturated carbocycles. The second-order valence-corrected chi connectivity index (χ2v) is 4.80. The number of hydrogen-bond acceptors (Lipinski definition) is 4. The minimum absolute atomic E-state index is 0.0405. The first kappa shape index (κ1) is 15.4. The summed E-state index contributed by atoms with van der Waals surface area (Å²) in [6, 6.07) is 0. The van der Waals surface area contributed by atoms with Gasteiger partial charge < -0.3 is 0 Å². The number of unbranched alkanes of at least 4 members (excludes halogenated alkanes) is 1. The molecule has 0 aromatic rings.